The van der Waals surface area contributed by atoms with Crippen LogP contribution in [0.5, 0.6) is 0 Å². The highest BCUT2D eigenvalue weighted by molar-refractivity contribution is 5.90. The highest BCUT2D eigenvalue weighted by Gasteiger charge is 2.34. The third-order valence-electron chi connectivity index (χ3n) is 5.59. The molecule has 1 aliphatic rings. The second kappa shape index (κ2) is 9.85. The molecule has 166 valence electrons. The topological polar surface area (TPSA) is 61.4 Å². The van der Waals surface area contributed by atoms with Crippen LogP contribution in [0, 0.1) is 12.8 Å². The van der Waals surface area contributed by atoms with Gasteiger partial charge in [-0.05, 0) is 48.9 Å². The van der Waals surface area contributed by atoms with Gasteiger partial charge >= 0.3 is 12.2 Å². The maximum Gasteiger partial charge on any atom is 0.418 e. The largest absolute Gasteiger partial charge is 0.418 e. The first kappa shape index (κ1) is 22.7. The Morgan fingerprint density at radius 1 is 1.03 bits per heavy atom. The summed E-state index contributed by atoms with van der Waals surface area (Å²) in [5.41, 5.74) is 1.07. The molecule has 0 radical (unpaired) electrons. The van der Waals surface area contributed by atoms with Crippen molar-refractivity contribution in [2.24, 2.45) is 5.92 Å². The number of urea groups is 1. The minimum atomic E-state index is -4.54. The van der Waals surface area contributed by atoms with Gasteiger partial charge in [0.05, 0.1) is 11.3 Å². The first-order valence-electron chi connectivity index (χ1n) is 10.3. The summed E-state index contributed by atoms with van der Waals surface area (Å²) in [7, 11) is 0. The van der Waals surface area contributed by atoms with Crippen LogP contribution in [0.1, 0.15) is 36.0 Å². The molecule has 5 nitrogen and oxygen atoms in total. The minimum absolute atomic E-state index is 0.0368. The number of nitrogens with zero attached hydrogens (tertiary/aromatic N) is 1. The average molecular weight is 433 g/mol. The lowest BCUT2D eigenvalue weighted by atomic mass is 9.93. The third-order valence-corrected chi connectivity index (χ3v) is 5.59. The number of aryl methyl sites for hydroxylation is 1. The van der Waals surface area contributed by atoms with Gasteiger partial charge in [-0.25, -0.2) is 4.79 Å². The molecule has 1 heterocycles. The number of para-hydroxylation sites is 1. The van der Waals surface area contributed by atoms with Gasteiger partial charge in [-0.3, -0.25) is 4.79 Å². The number of amides is 3. The molecular formula is C23H26F3N3O2. The van der Waals surface area contributed by atoms with Crippen LogP contribution in [0.4, 0.5) is 23.7 Å². The van der Waals surface area contributed by atoms with E-state index in [4.69, 9.17) is 0 Å². The molecule has 0 aliphatic carbocycles. The van der Waals surface area contributed by atoms with Gasteiger partial charge in [-0.15, -0.1) is 0 Å². The Bertz CT molecular complexity index is 922. The Kier molecular flexibility index (Phi) is 7.20. The fourth-order valence-electron chi connectivity index (χ4n) is 3.71. The Morgan fingerprint density at radius 2 is 1.68 bits per heavy atom. The van der Waals surface area contributed by atoms with Crippen LogP contribution in [-0.2, 0) is 17.5 Å². The highest BCUT2D eigenvalue weighted by Crippen LogP contribution is 2.34. The molecule has 1 saturated heterocycles. The van der Waals surface area contributed by atoms with Crippen molar-refractivity contribution in [3.05, 3.63) is 65.2 Å². The van der Waals surface area contributed by atoms with Crippen molar-refractivity contribution in [2.45, 2.75) is 38.9 Å². The molecule has 2 aromatic rings. The fraction of sp³-hybridized carbons (Fsp3) is 0.391. The number of hydrogen-bond donors (Lipinski definition) is 2. The lowest BCUT2D eigenvalue weighted by Crippen LogP contribution is -2.42. The van der Waals surface area contributed by atoms with E-state index in [0.29, 0.717) is 38.9 Å². The number of alkyl halides is 3. The van der Waals surface area contributed by atoms with Crippen LogP contribution in [0.25, 0.3) is 0 Å². The van der Waals surface area contributed by atoms with Gasteiger partial charge in [0.2, 0.25) is 5.91 Å². The Labute approximate surface area is 179 Å². The van der Waals surface area contributed by atoms with Crippen LogP contribution in [0.2, 0.25) is 0 Å². The number of carbonyl (C=O) groups excluding carboxylic acids is 2. The Hall–Kier alpha value is -3.03. The summed E-state index contributed by atoms with van der Waals surface area (Å²) in [6.45, 7) is 3.27. The maximum atomic E-state index is 13.1. The van der Waals surface area contributed by atoms with Gasteiger partial charge < -0.3 is 15.5 Å². The number of piperidine rings is 1. The van der Waals surface area contributed by atoms with Crippen LogP contribution >= 0.6 is 0 Å². The summed E-state index contributed by atoms with van der Waals surface area (Å²) in [6, 6.07) is 12.2. The Balaban J connectivity index is 1.46. The van der Waals surface area contributed by atoms with Gasteiger partial charge in [-0.2, -0.15) is 13.2 Å². The minimum Gasteiger partial charge on any atom is -0.352 e. The summed E-state index contributed by atoms with van der Waals surface area (Å²) < 4.78 is 39.3. The molecule has 1 fully saturated rings. The summed E-state index contributed by atoms with van der Waals surface area (Å²) in [6.07, 6.45) is -2.90. The van der Waals surface area contributed by atoms with Gasteiger partial charge in [0.25, 0.3) is 0 Å². The maximum absolute atomic E-state index is 13.1. The van der Waals surface area contributed by atoms with Crippen LogP contribution < -0.4 is 10.6 Å². The van der Waals surface area contributed by atoms with E-state index in [1.54, 1.807) is 0 Å². The van der Waals surface area contributed by atoms with Gasteiger partial charge in [0, 0.05) is 26.1 Å². The quantitative estimate of drug-likeness (QED) is 0.700. The van der Waals surface area contributed by atoms with Crippen LogP contribution in [-0.4, -0.2) is 29.9 Å². The standard InChI is InChI=1S/C23H26F3N3O2/c1-16-6-2-3-7-18(16)15-27-21(30)14-17-10-12-29(13-11-17)22(31)28-20-9-5-4-8-19(20)23(24,25)26/h2-9,17H,10-15H2,1H3,(H,27,30)(H,28,31). The molecule has 3 rings (SSSR count). The summed E-state index contributed by atoms with van der Waals surface area (Å²) in [5.74, 6) is 0.105. The lowest BCUT2D eigenvalue weighted by Gasteiger charge is -2.32. The molecule has 8 heteroatoms. The van der Waals surface area contributed by atoms with Crippen molar-refractivity contribution in [3.63, 3.8) is 0 Å². The van der Waals surface area contributed by atoms with E-state index in [9.17, 15) is 22.8 Å². The lowest BCUT2D eigenvalue weighted by molar-refractivity contribution is -0.137. The molecule has 0 atom stereocenters. The van der Waals surface area contributed by atoms with E-state index in [0.717, 1.165) is 17.2 Å². The van der Waals surface area contributed by atoms with Crippen molar-refractivity contribution >= 4 is 17.6 Å². The SMILES string of the molecule is Cc1ccccc1CNC(=O)CC1CCN(C(=O)Nc2ccccc2C(F)(F)F)CC1. The average Bonchev–Trinajstić information content (AvgIpc) is 2.73. The zero-order chi connectivity index (χ0) is 22.4. The predicted octanol–water partition coefficient (Wildman–Crippen LogP) is 4.96. The van der Waals surface area contributed by atoms with E-state index >= 15 is 0 Å². The van der Waals surface area contributed by atoms with E-state index in [1.165, 1.54) is 23.1 Å². The predicted molar refractivity (Wildman–Crippen MR) is 112 cm³/mol. The molecule has 31 heavy (non-hydrogen) atoms. The van der Waals surface area contributed by atoms with E-state index in [-0.39, 0.29) is 17.5 Å². The van der Waals surface area contributed by atoms with Crippen LogP contribution in [0.3, 0.4) is 0 Å². The van der Waals surface area contributed by atoms with E-state index < -0.39 is 17.8 Å². The summed E-state index contributed by atoms with van der Waals surface area (Å²) >= 11 is 0. The zero-order valence-corrected chi connectivity index (χ0v) is 17.3. The Morgan fingerprint density at radius 3 is 2.35 bits per heavy atom. The number of nitrogens with one attached hydrogen (secondary N) is 2. The molecule has 0 bridgehead atoms. The monoisotopic (exact) mass is 433 g/mol. The van der Waals surface area contributed by atoms with Crippen molar-refractivity contribution in [1.82, 2.24) is 10.2 Å². The third kappa shape index (κ3) is 6.23. The second-order valence-corrected chi connectivity index (χ2v) is 7.81. The molecule has 2 aromatic carbocycles. The first-order valence-corrected chi connectivity index (χ1v) is 10.3. The van der Waals surface area contributed by atoms with Gasteiger partial charge in [0.15, 0.2) is 0 Å². The summed E-state index contributed by atoms with van der Waals surface area (Å²) in [4.78, 5) is 26.2. The number of halogens is 3. The van der Waals surface area contributed by atoms with Gasteiger partial charge in [0.1, 0.15) is 0 Å². The fourth-order valence-corrected chi connectivity index (χ4v) is 3.71. The summed E-state index contributed by atoms with van der Waals surface area (Å²) in [5, 5.41) is 5.31. The molecule has 1 aliphatic heterocycles. The van der Waals surface area contributed by atoms with E-state index in [2.05, 4.69) is 10.6 Å². The highest BCUT2D eigenvalue weighted by atomic mass is 19.4. The smallest absolute Gasteiger partial charge is 0.352 e. The first-order chi connectivity index (χ1) is 14.7. The number of hydrogen-bond acceptors (Lipinski definition) is 2. The van der Waals surface area contributed by atoms with E-state index in [1.807, 2.05) is 31.2 Å². The molecule has 0 saturated carbocycles. The zero-order valence-electron chi connectivity index (χ0n) is 17.3. The number of carbonyl (C=O) groups is 2. The molecular weight excluding hydrogens is 407 g/mol. The number of benzene rings is 2. The second-order valence-electron chi connectivity index (χ2n) is 7.81. The molecule has 0 aromatic heterocycles. The van der Waals surface area contributed by atoms with Crippen molar-refractivity contribution in [3.8, 4) is 0 Å². The van der Waals surface area contributed by atoms with Crippen molar-refractivity contribution < 1.29 is 22.8 Å². The molecule has 0 unspecified atom stereocenters. The number of likely N-dealkylation sites (tertiary alicyclic amines) is 1. The van der Waals surface area contributed by atoms with Gasteiger partial charge in [-0.1, -0.05) is 36.4 Å². The van der Waals surface area contributed by atoms with Crippen molar-refractivity contribution in [1.29, 1.82) is 0 Å². The van der Waals surface area contributed by atoms with Crippen LogP contribution in [0.15, 0.2) is 48.5 Å². The molecule has 3 amide bonds. The molecule has 2 N–H and O–H groups in total. The molecule has 0 spiro atoms. The number of anilines is 1. The number of rotatable bonds is 5. The van der Waals surface area contributed by atoms with Crippen molar-refractivity contribution in [2.75, 3.05) is 18.4 Å². The normalized spacial score (nSPS) is 14.9.